The third kappa shape index (κ3) is 4.76. The van der Waals surface area contributed by atoms with Crippen LogP contribution in [0.1, 0.15) is 44.2 Å². The largest absolute Gasteiger partial charge is 0.464 e. The summed E-state index contributed by atoms with van der Waals surface area (Å²) in [5, 5.41) is 9.72. The summed E-state index contributed by atoms with van der Waals surface area (Å²) in [6.07, 6.45) is 4.04. The molecule has 0 radical (unpaired) electrons. The monoisotopic (exact) mass is 382 g/mol. The van der Waals surface area contributed by atoms with Crippen LogP contribution in [-0.2, 0) is 14.3 Å². The van der Waals surface area contributed by atoms with E-state index in [4.69, 9.17) is 14.5 Å². The Kier molecular flexibility index (Phi) is 7.15. The second kappa shape index (κ2) is 10.00. The van der Waals surface area contributed by atoms with Crippen LogP contribution in [0.2, 0.25) is 0 Å². The predicted molar refractivity (Wildman–Crippen MR) is 106 cm³/mol. The van der Waals surface area contributed by atoms with E-state index in [-0.39, 0.29) is 0 Å². The van der Waals surface area contributed by atoms with Gasteiger partial charge in [0.15, 0.2) is 11.7 Å². The Morgan fingerprint density at radius 2 is 1.93 bits per heavy atom. The molecule has 0 unspecified atom stereocenters. The molecule has 1 aliphatic heterocycles. The quantitative estimate of drug-likeness (QED) is 0.512. The Labute approximate surface area is 165 Å². The van der Waals surface area contributed by atoms with E-state index < -0.39 is 11.9 Å². The van der Waals surface area contributed by atoms with Crippen molar-refractivity contribution < 1.29 is 14.3 Å². The maximum absolute atomic E-state index is 12.6. The highest BCUT2D eigenvalue weighted by molar-refractivity contribution is 5.85. The van der Waals surface area contributed by atoms with Gasteiger partial charge in [0.2, 0.25) is 0 Å². The Bertz CT molecular complexity index is 843. The standard InChI is InChI=1S/C21H26N4O3/c1-2-3-4-7-12-28-21(26)16(15-22)19-20(25-10-13-27-14-11-25)24-18-9-6-5-8-17(18)23-19/h5-6,8-9,16H,2-4,7,10-14H2,1H3/t16-/m0/s1. The summed E-state index contributed by atoms with van der Waals surface area (Å²) >= 11 is 0. The van der Waals surface area contributed by atoms with Crippen molar-refractivity contribution >= 4 is 22.8 Å². The van der Waals surface area contributed by atoms with Gasteiger partial charge in [-0.2, -0.15) is 5.26 Å². The molecule has 1 atom stereocenters. The van der Waals surface area contributed by atoms with Gasteiger partial charge < -0.3 is 14.4 Å². The molecule has 2 heterocycles. The van der Waals surface area contributed by atoms with Crippen LogP contribution in [0.5, 0.6) is 0 Å². The van der Waals surface area contributed by atoms with Crippen LogP contribution in [0.15, 0.2) is 24.3 Å². The molecule has 1 aromatic carbocycles. The first-order valence-corrected chi connectivity index (χ1v) is 9.90. The molecule has 0 saturated carbocycles. The minimum absolute atomic E-state index is 0.324. The summed E-state index contributed by atoms with van der Waals surface area (Å²) in [5.74, 6) is -1.09. The number of carbonyl (C=O) groups excluding carboxylic acids is 1. The number of anilines is 1. The van der Waals surface area contributed by atoms with Gasteiger partial charge in [-0.25, -0.2) is 9.97 Å². The van der Waals surface area contributed by atoms with Gasteiger partial charge in [-0.3, -0.25) is 4.79 Å². The van der Waals surface area contributed by atoms with E-state index in [0.29, 0.717) is 49.9 Å². The van der Waals surface area contributed by atoms with Gasteiger partial charge in [-0.15, -0.1) is 0 Å². The summed E-state index contributed by atoms with van der Waals surface area (Å²) in [6.45, 7) is 4.89. The number of fused-ring (bicyclic) bond motifs is 1. The first kappa shape index (κ1) is 20.0. The van der Waals surface area contributed by atoms with E-state index in [1.54, 1.807) is 0 Å². The molecule has 28 heavy (non-hydrogen) atoms. The number of ether oxygens (including phenoxy) is 2. The number of rotatable bonds is 8. The van der Waals surface area contributed by atoms with Crippen molar-refractivity contribution in [2.24, 2.45) is 0 Å². The number of morpholine rings is 1. The molecule has 1 aromatic heterocycles. The van der Waals surface area contributed by atoms with Gasteiger partial charge in [-0.05, 0) is 18.6 Å². The molecule has 1 aliphatic rings. The van der Waals surface area contributed by atoms with Crippen molar-refractivity contribution in [2.75, 3.05) is 37.8 Å². The lowest BCUT2D eigenvalue weighted by Crippen LogP contribution is -2.38. The van der Waals surface area contributed by atoms with Crippen molar-refractivity contribution in [3.63, 3.8) is 0 Å². The smallest absolute Gasteiger partial charge is 0.329 e. The van der Waals surface area contributed by atoms with E-state index in [9.17, 15) is 10.1 Å². The number of nitrogens with zero attached hydrogens (tertiary/aromatic N) is 4. The fourth-order valence-electron chi connectivity index (χ4n) is 3.22. The molecule has 0 amide bonds. The summed E-state index contributed by atoms with van der Waals surface area (Å²) < 4.78 is 10.8. The number of esters is 1. The summed E-state index contributed by atoms with van der Waals surface area (Å²) in [6, 6.07) is 9.55. The fourth-order valence-corrected chi connectivity index (χ4v) is 3.22. The van der Waals surface area contributed by atoms with Crippen molar-refractivity contribution in [3.05, 3.63) is 30.0 Å². The zero-order valence-corrected chi connectivity index (χ0v) is 16.3. The average Bonchev–Trinajstić information content (AvgIpc) is 2.74. The Hall–Kier alpha value is -2.72. The van der Waals surface area contributed by atoms with E-state index in [2.05, 4.69) is 18.0 Å². The molecule has 1 fully saturated rings. The number of benzene rings is 1. The molecule has 148 valence electrons. The molecule has 7 nitrogen and oxygen atoms in total. The molecule has 3 rings (SSSR count). The van der Waals surface area contributed by atoms with Gasteiger partial charge in [0.1, 0.15) is 5.69 Å². The molecule has 0 bridgehead atoms. The third-order valence-corrected chi connectivity index (χ3v) is 4.77. The van der Waals surface area contributed by atoms with Crippen LogP contribution in [0, 0.1) is 11.3 Å². The number of hydrogen-bond acceptors (Lipinski definition) is 7. The zero-order chi connectivity index (χ0) is 19.8. The summed E-state index contributed by atoms with van der Waals surface area (Å²) in [5.41, 5.74) is 1.75. The Balaban J connectivity index is 1.87. The minimum Gasteiger partial charge on any atom is -0.464 e. The molecule has 1 saturated heterocycles. The van der Waals surface area contributed by atoms with Crippen molar-refractivity contribution in [1.82, 2.24) is 9.97 Å². The first-order valence-electron chi connectivity index (χ1n) is 9.90. The van der Waals surface area contributed by atoms with E-state index in [1.165, 1.54) is 0 Å². The van der Waals surface area contributed by atoms with Gasteiger partial charge >= 0.3 is 5.97 Å². The molecule has 0 aliphatic carbocycles. The van der Waals surface area contributed by atoms with Crippen molar-refractivity contribution in [2.45, 2.75) is 38.5 Å². The van der Waals surface area contributed by atoms with E-state index in [0.717, 1.165) is 31.2 Å². The van der Waals surface area contributed by atoms with Crippen LogP contribution < -0.4 is 4.90 Å². The second-order valence-electron chi connectivity index (χ2n) is 6.81. The van der Waals surface area contributed by atoms with Crippen LogP contribution in [0.25, 0.3) is 11.0 Å². The molecule has 0 spiro atoms. The molecule has 0 N–H and O–H groups in total. The maximum Gasteiger partial charge on any atom is 0.329 e. The van der Waals surface area contributed by atoms with Crippen LogP contribution in [-0.4, -0.2) is 48.8 Å². The van der Waals surface area contributed by atoms with Crippen LogP contribution >= 0.6 is 0 Å². The SMILES string of the molecule is CCCCCCOC(=O)[C@@H](C#N)c1nc2ccccc2nc1N1CCOCC1. The first-order chi connectivity index (χ1) is 13.7. The molecule has 2 aromatic rings. The molecular weight excluding hydrogens is 356 g/mol. The van der Waals surface area contributed by atoms with E-state index >= 15 is 0 Å². The number of nitriles is 1. The predicted octanol–water partition coefficient (Wildman–Crippen LogP) is 3.20. The highest BCUT2D eigenvalue weighted by atomic mass is 16.5. The van der Waals surface area contributed by atoms with Gasteiger partial charge in [0, 0.05) is 13.1 Å². The van der Waals surface area contributed by atoms with Gasteiger partial charge in [-0.1, -0.05) is 38.3 Å². The Morgan fingerprint density at radius 1 is 1.21 bits per heavy atom. The normalized spacial score (nSPS) is 15.2. The highest BCUT2D eigenvalue weighted by Crippen LogP contribution is 2.28. The number of para-hydroxylation sites is 2. The lowest BCUT2D eigenvalue weighted by molar-refractivity contribution is -0.144. The maximum atomic E-state index is 12.6. The van der Waals surface area contributed by atoms with Crippen LogP contribution in [0.3, 0.4) is 0 Å². The molecule has 7 heteroatoms. The van der Waals surface area contributed by atoms with Crippen molar-refractivity contribution in [3.8, 4) is 6.07 Å². The summed E-state index contributed by atoms with van der Waals surface area (Å²) in [7, 11) is 0. The second-order valence-corrected chi connectivity index (χ2v) is 6.81. The number of carbonyl (C=O) groups is 1. The van der Waals surface area contributed by atoms with Gasteiger partial charge in [0.25, 0.3) is 0 Å². The van der Waals surface area contributed by atoms with Gasteiger partial charge in [0.05, 0.1) is 36.9 Å². The third-order valence-electron chi connectivity index (χ3n) is 4.77. The number of unbranched alkanes of at least 4 members (excludes halogenated alkanes) is 3. The number of hydrogen-bond donors (Lipinski definition) is 0. The average molecular weight is 382 g/mol. The fraction of sp³-hybridized carbons (Fsp3) is 0.524. The summed E-state index contributed by atoms with van der Waals surface area (Å²) in [4.78, 5) is 24.0. The minimum atomic E-state index is -1.10. The van der Waals surface area contributed by atoms with E-state index in [1.807, 2.05) is 29.2 Å². The molecular formula is C21H26N4O3. The number of aromatic nitrogens is 2. The topological polar surface area (TPSA) is 88.3 Å². The lowest BCUT2D eigenvalue weighted by atomic mass is 10.1. The zero-order valence-electron chi connectivity index (χ0n) is 16.3. The highest BCUT2D eigenvalue weighted by Gasteiger charge is 2.30. The van der Waals surface area contributed by atoms with Crippen LogP contribution in [0.4, 0.5) is 5.82 Å². The van der Waals surface area contributed by atoms with Crippen molar-refractivity contribution in [1.29, 1.82) is 5.26 Å². The lowest BCUT2D eigenvalue weighted by Gasteiger charge is -2.29. The Morgan fingerprint density at radius 3 is 2.61 bits per heavy atom.